The normalized spacial score (nSPS) is 16.2. The Labute approximate surface area is 147 Å². The van der Waals surface area contributed by atoms with Crippen LogP contribution in [0.4, 0.5) is 10.5 Å². The minimum absolute atomic E-state index is 0.462. The third kappa shape index (κ3) is 3.22. The van der Waals surface area contributed by atoms with Crippen molar-refractivity contribution >= 4 is 17.7 Å². The minimum atomic E-state index is -1.17. The van der Waals surface area contributed by atoms with E-state index < -0.39 is 17.5 Å². The molecule has 130 valence electrons. The van der Waals surface area contributed by atoms with Gasteiger partial charge in [-0.05, 0) is 36.1 Å². The summed E-state index contributed by atoms with van der Waals surface area (Å²) in [5.41, 5.74) is 6.89. The van der Waals surface area contributed by atoms with E-state index in [2.05, 4.69) is 0 Å². The second-order valence-corrected chi connectivity index (χ2v) is 6.49. The maximum atomic E-state index is 12.3. The van der Waals surface area contributed by atoms with Crippen LogP contribution in [0.1, 0.15) is 32.1 Å². The van der Waals surface area contributed by atoms with Gasteiger partial charge < -0.3 is 10.8 Å². The second kappa shape index (κ2) is 6.97. The van der Waals surface area contributed by atoms with Crippen molar-refractivity contribution in [2.45, 2.75) is 37.6 Å². The molecule has 5 heteroatoms. The molecular formula is C20H22N2O3. The molecule has 0 atom stereocenters. The summed E-state index contributed by atoms with van der Waals surface area (Å²) in [5.74, 6) is -0.570. The molecule has 3 rings (SSSR count). The molecular weight excluding hydrogens is 316 g/mol. The molecule has 5 nitrogen and oxygen atoms in total. The standard InChI is InChI=1S/C20H22N2O3/c21-18(23)20(12-5-2-6-13-20)22(19(24)25)17-11-7-10-16(14-17)15-8-3-1-4-9-15/h1,3-4,7-11,14H,2,5-6,12-13H2,(H2,21,23)(H,24,25). The zero-order chi connectivity index (χ0) is 17.9. The Morgan fingerprint density at radius 3 is 2.16 bits per heavy atom. The minimum Gasteiger partial charge on any atom is -0.465 e. The van der Waals surface area contributed by atoms with Crippen LogP contribution in [-0.4, -0.2) is 22.6 Å². The van der Waals surface area contributed by atoms with Gasteiger partial charge in [0, 0.05) is 5.69 Å². The lowest BCUT2D eigenvalue weighted by Crippen LogP contribution is -2.60. The van der Waals surface area contributed by atoms with Crippen molar-refractivity contribution in [1.29, 1.82) is 0 Å². The van der Waals surface area contributed by atoms with E-state index in [1.165, 1.54) is 4.90 Å². The van der Waals surface area contributed by atoms with E-state index in [1.807, 2.05) is 48.5 Å². The highest BCUT2D eigenvalue weighted by atomic mass is 16.4. The fourth-order valence-corrected chi connectivity index (χ4v) is 3.71. The van der Waals surface area contributed by atoms with Gasteiger partial charge in [-0.3, -0.25) is 9.69 Å². The van der Waals surface area contributed by atoms with E-state index in [1.54, 1.807) is 6.07 Å². The number of carbonyl (C=O) groups excluding carboxylic acids is 1. The van der Waals surface area contributed by atoms with Crippen molar-refractivity contribution in [2.75, 3.05) is 4.90 Å². The number of benzene rings is 2. The molecule has 0 saturated heterocycles. The molecule has 0 unspecified atom stereocenters. The van der Waals surface area contributed by atoms with Gasteiger partial charge in [-0.15, -0.1) is 0 Å². The molecule has 2 aromatic carbocycles. The van der Waals surface area contributed by atoms with Crippen LogP contribution in [0.5, 0.6) is 0 Å². The number of nitrogens with two attached hydrogens (primary N) is 1. The third-order valence-corrected chi connectivity index (χ3v) is 4.97. The summed E-state index contributed by atoms with van der Waals surface area (Å²) in [5, 5.41) is 9.87. The van der Waals surface area contributed by atoms with Gasteiger partial charge in [0.15, 0.2) is 0 Å². The topological polar surface area (TPSA) is 83.6 Å². The fourth-order valence-electron chi connectivity index (χ4n) is 3.71. The van der Waals surface area contributed by atoms with Gasteiger partial charge in [-0.25, -0.2) is 4.79 Å². The van der Waals surface area contributed by atoms with Gasteiger partial charge in [0.1, 0.15) is 5.54 Å². The number of anilines is 1. The van der Waals surface area contributed by atoms with Gasteiger partial charge in [0.25, 0.3) is 0 Å². The highest BCUT2D eigenvalue weighted by molar-refractivity contribution is 6.00. The summed E-state index contributed by atoms with van der Waals surface area (Å²) in [4.78, 5) is 25.5. The fraction of sp³-hybridized carbons (Fsp3) is 0.300. The first kappa shape index (κ1) is 17.0. The van der Waals surface area contributed by atoms with E-state index in [9.17, 15) is 14.7 Å². The molecule has 1 fully saturated rings. The van der Waals surface area contributed by atoms with Crippen LogP contribution < -0.4 is 10.6 Å². The van der Waals surface area contributed by atoms with Crippen LogP contribution in [0.2, 0.25) is 0 Å². The Bertz CT molecular complexity index is 768. The predicted octanol–water partition coefficient (Wildman–Crippen LogP) is 4.03. The van der Waals surface area contributed by atoms with Crippen molar-refractivity contribution < 1.29 is 14.7 Å². The van der Waals surface area contributed by atoms with Crippen LogP contribution in [-0.2, 0) is 4.79 Å². The number of carboxylic acid groups (broad SMARTS) is 1. The molecule has 1 aliphatic rings. The van der Waals surface area contributed by atoms with E-state index in [0.717, 1.165) is 30.4 Å². The quantitative estimate of drug-likeness (QED) is 0.883. The molecule has 25 heavy (non-hydrogen) atoms. The van der Waals surface area contributed by atoms with Gasteiger partial charge in [-0.2, -0.15) is 0 Å². The summed E-state index contributed by atoms with van der Waals surface area (Å²) < 4.78 is 0. The van der Waals surface area contributed by atoms with E-state index >= 15 is 0 Å². The molecule has 0 bridgehead atoms. The van der Waals surface area contributed by atoms with Gasteiger partial charge in [-0.1, -0.05) is 61.7 Å². The lowest BCUT2D eigenvalue weighted by molar-refractivity contribution is -0.124. The van der Waals surface area contributed by atoms with Gasteiger partial charge in [0.05, 0.1) is 0 Å². The number of hydrogen-bond acceptors (Lipinski definition) is 2. The van der Waals surface area contributed by atoms with Crippen LogP contribution >= 0.6 is 0 Å². The highest BCUT2D eigenvalue weighted by Gasteiger charge is 2.46. The molecule has 1 aliphatic carbocycles. The first-order valence-electron chi connectivity index (χ1n) is 8.53. The Balaban J connectivity index is 2.07. The van der Waals surface area contributed by atoms with Crippen molar-refractivity contribution in [3.05, 3.63) is 54.6 Å². The molecule has 2 aromatic rings. The van der Waals surface area contributed by atoms with Crippen molar-refractivity contribution in [3.8, 4) is 11.1 Å². The van der Waals surface area contributed by atoms with E-state index in [4.69, 9.17) is 5.73 Å². The first-order valence-corrected chi connectivity index (χ1v) is 8.53. The summed E-state index contributed by atoms with van der Waals surface area (Å²) in [7, 11) is 0. The lowest BCUT2D eigenvalue weighted by atomic mass is 9.79. The molecule has 0 radical (unpaired) electrons. The molecule has 2 amide bonds. The monoisotopic (exact) mass is 338 g/mol. The summed E-state index contributed by atoms with van der Waals surface area (Å²) >= 11 is 0. The molecule has 0 heterocycles. The smallest absolute Gasteiger partial charge is 0.412 e. The zero-order valence-electron chi connectivity index (χ0n) is 14.0. The average molecular weight is 338 g/mol. The summed E-state index contributed by atoms with van der Waals surface area (Å²) in [6, 6.07) is 17.0. The van der Waals surface area contributed by atoms with Crippen LogP contribution in [0, 0.1) is 0 Å². The maximum Gasteiger partial charge on any atom is 0.412 e. The van der Waals surface area contributed by atoms with Crippen LogP contribution in [0.3, 0.4) is 0 Å². The Morgan fingerprint density at radius 1 is 0.920 bits per heavy atom. The average Bonchev–Trinajstić information content (AvgIpc) is 2.63. The first-order chi connectivity index (χ1) is 12.0. The van der Waals surface area contributed by atoms with Crippen molar-refractivity contribution in [3.63, 3.8) is 0 Å². The zero-order valence-corrected chi connectivity index (χ0v) is 14.0. The third-order valence-electron chi connectivity index (χ3n) is 4.97. The number of primary amides is 1. The largest absolute Gasteiger partial charge is 0.465 e. The molecule has 3 N–H and O–H groups in total. The SMILES string of the molecule is NC(=O)C1(N(C(=O)O)c2cccc(-c3ccccc3)c2)CCCCC1. The number of carbonyl (C=O) groups is 2. The molecule has 1 saturated carbocycles. The van der Waals surface area contributed by atoms with Crippen LogP contribution in [0.15, 0.2) is 54.6 Å². The van der Waals surface area contributed by atoms with Crippen LogP contribution in [0.25, 0.3) is 11.1 Å². The molecule has 0 aliphatic heterocycles. The van der Waals surface area contributed by atoms with Crippen molar-refractivity contribution in [2.24, 2.45) is 5.73 Å². The molecule has 0 spiro atoms. The number of nitrogens with zero attached hydrogens (tertiary/aromatic N) is 1. The maximum absolute atomic E-state index is 12.3. The Kier molecular flexibility index (Phi) is 4.74. The molecule has 0 aromatic heterocycles. The van der Waals surface area contributed by atoms with E-state index in [0.29, 0.717) is 18.5 Å². The number of rotatable bonds is 4. The Morgan fingerprint density at radius 2 is 1.56 bits per heavy atom. The van der Waals surface area contributed by atoms with E-state index in [-0.39, 0.29) is 0 Å². The highest BCUT2D eigenvalue weighted by Crippen LogP contribution is 2.38. The van der Waals surface area contributed by atoms with Crippen molar-refractivity contribution in [1.82, 2.24) is 0 Å². The summed E-state index contributed by atoms with van der Waals surface area (Å²) in [6.45, 7) is 0. The predicted molar refractivity (Wildman–Crippen MR) is 97.4 cm³/mol. The van der Waals surface area contributed by atoms with Gasteiger partial charge >= 0.3 is 6.09 Å². The summed E-state index contributed by atoms with van der Waals surface area (Å²) in [6.07, 6.45) is 2.36. The lowest BCUT2D eigenvalue weighted by Gasteiger charge is -2.42. The Hall–Kier alpha value is -2.82. The number of hydrogen-bond donors (Lipinski definition) is 2. The second-order valence-electron chi connectivity index (χ2n) is 6.49. The van der Waals surface area contributed by atoms with Gasteiger partial charge in [0.2, 0.25) is 5.91 Å². The number of amides is 2.